The first-order chi connectivity index (χ1) is 9.58. The Balaban J connectivity index is 2.11. The van der Waals surface area contributed by atoms with Crippen LogP contribution < -0.4 is 10.7 Å². The molecular formula is C13H13N3O2S2. The van der Waals surface area contributed by atoms with Crippen molar-refractivity contribution >= 4 is 45.2 Å². The minimum absolute atomic E-state index is 0.216. The van der Waals surface area contributed by atoms with Crippen molar-refractivity contribution in [2.24, 2.45) is 5.10 Å². The fraction of sp³-hybridized carbons (Fsp3) is 0.154. The quantitative estimate of drug-likeness (QED) is 0.672. The normalized spacial score (nSPS) is 9.90. The fourth-order valence-electron chi connectivity index (χ4n) is 1.38. The van der Waals surface area contributed by atoms with Crippen LogP contribution >= 0.6 is 22.7 Å². The van der Waals surface area contributed by atoms with Gasteiger partial charge in [-0.3, -0.25) is 9.59 Å². The molecule has 2 aromatic rings. The molecule has 2 N–H and O–H groups in total. The van der Waals surface area contributed by atoms with Crippen molar-refractivity contribution in [3.05, 3.63) is 39.4 Å². The average Bonchev–Trinajstić information content (AvgIpc) is 3.06. The third-order valence-electron chi connectivity index (χ3n) is 2.26. The molecule has 0 radical (unpaired) electrons. The number of nitrogens with one attached hydrogen (secondary N) is 2. The summed E-state index contributed by atoms with van der Waals surface area (Å²) in [7, 11) is 0. The Hall–Kier alpha value is -1.99. The molecule has 0 aliphatic rings. The topological polar surface area (TPSA) is 70.6 Å². The summed E-state index contributed by atoms with van der Waals surface area (Å²) in [5.41, 5.74) is 3.60. The van der Waals surface area contributed by atoms with E-state index in [2.05, 4.69) is 15.8 Å². The Bertz CT molecular complexity index is 640. The summed E-state index contributed by atoms with van der Waals surface area (Å²) in [6.07, 6.45) is 0. The highest BCUT2D eigenvalue weighted by molar-refractivity contribution is 7.15. The number of amides is 2. The van der Waals surface area contributed by atoms with Crippen LogP contribution in [0.3, 0.4) is 0 Å². The molecule has 0 aliphatic carbocycles. The molecule has 7 heteroatoms. The van der Waals surface area contributed by atoms with Gasteiger partial charge in [0.15, 0.2) is 0 Å². The summed E-state index contributed by atoms with van der Waals surface area (Å²) in [5.74, 6) is -0.555. The predicted octanol–water partition coefficient (Wildman–Crippen LogP) is 3.19. The molecule has 20 heavy (non-hydrogen) atoms. The van der Waals surface area contributed by atoms with Crippen LogP contribution in [0.1, 0.15) is 33.9 Å². The van der Waals surface area contributed by atoms with Crippen LogP contribution in [-0.2, 0) is 0 Å². The lowest BCUT2D eigenvalue weighted by molar-refractivity contribution is 0.0956. The number of hydrazone groups is 1. The number of hydrogen-bond donors (Lipinski definition) is 2. The first-order valence-electron chi connectivity index (χ1n) is 5.81. The van der Waals surface area contributed by atoms with Crippen molar-refractivity contribution in [3.8, 4) is 0 Å². The van der Waals surface area contributed by atoms with Gasteiger partial charge in [0.05, 0.1) is 10.4 Å². The summed E-state index contributed by atoms with van der Waals surface area (Å²) < 4.78 is 0. The molecule has 2 rings (SSSR count). The number of carbonyl (C=O) groups excluding carboxylic acids is 2. The van der Waals surface area contributed by atoms with Crippen LogP contribution in [0.5, 0.6) is 0 Å². The highest BCUT2D eigenvalue weighted by atomic mass is 32.1. The van der Waals surface area contributed by atoms with Crippen molar-refractivity contribution in [2.75, 3.05) is 5.32 Å². The second-order valence-corrected chi connectivity index (χ2v) is 5.96. The largest absolute Gasteiger partial charge is 0.312 e. The van der Waals surface area contributed by atoms with Crippen molar-refractivity contribution < 1.29 is 9.59 Å². The Morgan fingerprint density at radius 1 is 1.10 bits per heavy atom. The first kappa shape index (κ1) is 14.4. The van der Waals surface area contributed by atoms with Gasteiger partial charge in [0.2, 0.25) is 0 Å². The molecule has 2 aromatic heterocycles. The van der Waals surface area contributed by atoms with E-state index in [4.69, 9.17) is 0 Å². The maximum atomic E-state index is 12.0. The molecule has 0 aromatic carbocycles. The van der Waals surface area contributed by atoms with Crippen LogP contribution in [0.25, 0.3) is 0 Å². The van der Waals surface area contributed by atoms with Crippen LogP contribution in [0.4, 0.5) is 5.00 Å². The van der Waals surface area contributed by atoms with Crippen LogP contribution in [0.15, 0.2) is 34.1 Å². The van der Waals surface area contributed by atoms with Gasteiger partial charge in [-0.1, -0.05) is 6.07 Å². The highest BCUT2D eigenvalue weighted by Crippen LogP contribution is 2.24. The lowest BCUT2D eigenvalue weighted by atomic mass is 10.3. The Morgan fingerprint density at radius 2 is 1.90 bits per heavy atom. The molecule has 0 saturated carbocycles. The standard InChI is InChI=1S/C13H13N3O2S2/c1-8(2)15-16-11(17)9-5-7-20-13(9)14-12(18)10-4-3-6-19-10/h3-7H,1-2H3,(H,14,18)(H,16,17). The van der Waals surface area contributed by atoms with Crippen molar-refractivity contribution in [1.82, 2.24) is 5.43 Å². The molecule has 104 valence electrons. The smallest absolute Gasteiger partial charge is 0.274 e. The number of hydrogen-bond acceptors (Lipinski definition) is 5. The van der Waals surface area contributed by atoms with E-state index in [9.17, 15) is 9.59 Å². The monoisotopic (exact) mass is 307 g/mol. The van der Waals surface area contributed by atoms with E-state index in [0.717, 1.165) is 5.71 Å². The predicted molar refractivity (Wildman–Crippen MR) is 82.8 cm³/mol. The molecule has 0 unspecified atom stereocenters. The zero-order valence-corrected chi connectivity index (χ0v) is 12.6. The molecule has 2 heterocycles. The minimum Gasteiger partial charge on any atom is -0.312 e. The van der Waals surface area contributed by atoms with Gasteiger partial charge < -0.3 is 5.32 Å². The minimum atomic E-state index is -0.339. The third kappa shape index (κ3) is 3.52. The molecule has 0 fully saturated rings. The van der Waals surface area contributed by atoms with Crippen LogP contribution in [0.2, 0.25) is 0 Å². The maximum absolute atomic E-state index is 12.0. The van der Waals surface area contributed by atoms with Crippen molar-refractivity contribution in [1.29, 1.82) is 0 Å². The molecule has 0 atom stereocenters. The summed E-state index contributed by atoms with van der Waals surface area (Å²) in [6.45, 7) is 3.57. The van der Waals surface area contributed by atoms with Gasteiger partial charge in [-0.05, 0) is 36.7 Å². The Kier molecular flexibility index (Phi) is 4.65. The lowest BCUT2D eigenvalue weighted by Gasteiger charge is -2.04. The summed E-state index contributed by atoms with van der Waals surface area (Å²) >= 11 is 2.65. The van der Waals surface area contributed by atoms with Gasteiger partial charge in [0.25, 0.3) is 11.8 Å². The molecule has 5 nitrogen and oxygen atoms in total. The first-order valence-corrected chi connectivity index (χ1v) is 7.57. The number of thiophene rings is 2. The second kappa shape index (κ2) is 6.44. The second-order valence-electron chi connectivity index (χ2n) is 4.09. The van der Waals surface area contributed by atoms with E-state index in [1.165, 1.54) is 22.7 Å². The van der Waals surface area contributed by atoms with Crippen LogP contribution in [0, 0.1) is 0 Å². The highest BCUT2D eigenvalue weighted by Gasteiger charge is 2.15. The van der Waals surface area contributed by atoms with Crippen molar-refractivity contribution in [3.63, 3.8) is 0 Å². The zero-order valence-electron chi connectivity index (χ0n) is 11.0. The Morgan fingerprint density at radius 3 is 2.55 bits per heavy atom. The maximum Gasteiger partial charge on any atom is 0.274 e. The fourth-order valence-corrected chi connectivity index (χ4v) is 2.78. The van der Waals surface area contributed by atoms with E-state index in [0.29, 0.717) is 15.4 Å². The molecule has 0 aliphatic heterocycles. The van der Waals surface area contributed by atoms with E-state index in [1.807, 2.05) is 5.38 Å². The summed E-state index contributed by atoms with van der Waals surface area (Å²) in [6, 6.07) is 5.20. The number of carbonyl (C=O) groups is 2. The van der Waals surface area contributed by atoms with E-state index < -0.39 is 0 Å². The van der Waals surface area contributed by atoms with E-state index in [1.54, 1.807) is 37.4 Å². The van der Waals surface area contributed by atoms with E-state index in [-0.39, 0.29) is 11.8 Å². The van der Waals surface area contributed by atoms with Gasteiger partial charge in [-0.25, -0.2) is 5.43 Å². The molecule has 0 spiro atoms. The number of nitrogens with zero attached hydrogens (tertiary/aromatic N) is 1. The zero-order chi connectivity index (χ0) is 14.5. The van der Waals surface area contributed by atoms with Gasteiger partial charge in [-0.2, -0.15) is 5.10 Å². The van der Waals surface area contributed by atoms with Crippen LogP contribution in [-0.4, -0.2) is 17.5 Å². The molecule has 0 saturated heterocycles. The number of rotatable bonds is 4. The van der Waals surface area contributed by atoms with Gasteiger partial charge in [0, 0.05) is 5.71 Å². The molecule has 0 bridgehead atoms. The SMILES string of the molecule is CC(C)=NNC(=O)c1ccsc1NC(=O)c1cccs1. The average molecular weight is 307 g/mol. The third-order valence-corrected chi connectivity index (χ3v) is 3.96. The summed E-state index contributed by atoms with van der Waals surface area (Å²) in [5, 5.41) is 10.7. The summed E-state index contributed by atoms with van der Waals surface area (Å²) in [4.78, 5) is 24.5. The van der Waals surface area contributed by atoms with E-state index >= 15 is 0 Å². The van der Waals surface area contributed by atoms with Gasteiger partial charge in [0.1, 0.15) is 5.00 Å². The molecular weight excluding hydrogens is 294 g/mol. The van der Waals surface area contributed by atoms with Gasteiger partial charge >= 0.3 is 0 Å². The van der Waals surface area contributed by atoms with Crippen molar-refractivity contribution in [2.45, 2.75) is 13.8 Å². The molecule has 2 amide bonds. The number of anilines is 1. The lowest BCUT2D eigenvalue weighted by Crippen LogP contribution is -2.20. The van der Waals surface area contributed by atoms with Gasteiger partial charge in [-0.15, -0.1) is 22.7 Å². The Labute approximate surface area is 124 Å².